The van der Waals surface area contributed by atoms with Gasteiger partial charge in [-0.05, 0) is 31.2 Å². The van der Waals surface area contributed by atoms with Gasteiger partial charge in [0.25, 0.3) is 0 Å². The highest BCUT2D eigenvalue weighted by molar-refractivity contribution is 4.95. The molecule has 0 spiro atoms. The maximum Gasteiger partial charge on any atom is 0.0334 e. The molecule has 0 radical (unpaired) electrons. The number of nitrogens with zero attached hydrogens (tertiary/aromatic N) is 1. The Morgan fingerprint density at radius 2 is 2.12 bits per heavy atom. The summed E-state index contributed by atoms with van der Waals surface area (Å²) in [5.41, 5.74) is 6.41. The Labute approximate surface area is 102 Å². The van der Waals surface area contributed by atoms with E-state index in [1.165, 1.54) is 32.2 Å². The van der Waals surface area contributed by atoms with Gasteiger partial charge in [0.2, 0.25) is 0 Å². The summed E-state index contributed by atoms with van der Waals surface area (Å²) < 4.78 is 0. The number of nitrogens with two attached hydrogens (primary N) is 1. The molecule has 0 saturated heterocycles. The molecule has 2 atom stereocenters. The topological polar surface area (TPSA) is 29.3 Å². The van der Waals surface area contributed by atoms with E-state index >= 15 is 0 Å². The summed E-state index contributed by atoms with van der Waals surface area (Å²) in [5.74, 6) is 1.58. The van der Waals surface area contributed by atoms with Crippen molar-refractivity contribution >= 4 is 0 Å². The molecule has 2 N–H and O–H groups in total. The molecule has 1 saturated carbocycles. The van der Waals surface area contributed by atoms with E-state index < -0.39 is 0 Å². The first-order valence-electron chi connectivity index (χ1n) is 6.99. The van der Waals surface area contributed by atoms with Crippen molar-refractivity contribution in [3.63, 3.8) is 0 Å². The Hall–Kier alpha value is -0.0800. The van der Waals surface area contributed by atoms with E-state index in [4.69, 9.17) is 5.73 Å². The van der Waals surface area contributed by atoms with Crippen LogP contribution in [-0.4, -0.2) is 30.1 Å². The van der Waals surface area contributed by atoms with Crippen molar-refractivity contribution in [1.82, 2.24) is 4.90 Å². The van der Waals surface area contributed by atoms with Crippen LogP contribution < -0.4 is 5.73 Å². The molecule has 0 aromatic heterocycles. The van der Waals surface area contributed by atoms with Crippen molar-refractivity contribution in [2.24, 2.45) is 17.6 Å². The van der Waals surface area contributed by atoms with Gasteiger partial charge in [0.1, 0.15) is 0 Å². The molecule has 1 rings (SSSR count). The molecule has 0 aromatic rings. The molecule has 16 heavy (non-hydrogen) atoms. The summed E-state index contributed by atoms with van der Waals surface area (Å²) in [4.78, 5) is 2.65. The van der Waals surface area contributed by atoms with E-state index in [0.29, 0.717) is 5.54 Å². The molecular weight excluding hydrogens is 196 g/mol. The van der Waals surface area contributed by atoms with Crippen LogP contribution in [0, 0.1) is 11.8 Å². The third-order valence-electron chi connectivity index (χ3n) is 4.09. The fourth-order valence-electron chi connectivity index (χ4n) is 3.33. The third kappa shape index (κ3) is 3.21. The van der Waals surface area contributed by atoms with Gasteiger partial charge in [0.15, 0.2) is 0 Å². The normalized spacial score (nSPS) is 31.3. The smallest absolute Gasteiger partial charge is 0.0334 e. The van der Waals surface area contributed by atoms with E-state index in [1.54, 1.807) is 0 Å². The van der Waals surface area contributed by atoms with Crippen LogP contribution in [0.25, 0.3) is 0 Å². The van der Waals surface area contributed by atoms with Gasteiger partial charge < -0.3 is 5.73 Å². The molecule has 0 aromatic carbocycles. The first-order chi connectivity index (χ1) is 7.54. The molecule has 1 fully saturated rings. The number of rotatable bonds is 5. The molecule has 2 nitrogen and oxygen atoms in total. The zero-order valence-electron chi connectivity index (χ0n) is 11.6. The average molecular weight is 226 g/mol. The minimum Gasteiger partial charge on any atom is -0.329 e. The van der Waals surface area contributed by atoms with Crippen molar-refractivity contribution in [2.45, 2.75) is 58.9 Å². The zero-order chi connectivity index (χ0) is 12.2. The van der Waals surface area contributed by atoms with Gasteiger partial charge in [-0.3, -0.25) is 4.90 Å². The Morgan fingerprint density at radius 1 is 1.44 bits per heavy atom. The second kappa shape index (κ2) is 6.02. The summed E-state index contributed by atoms with van der Waals surface area (Å²) in [6.07, 6.45) is 5.34. The highest BCUT2D eigenvalue weighted by atomic mass is 15.2. The number of likely N-dealkylation sites (N-methyl/N-ethyl adjacent to an activating group) is 1. The van der Waals surface area contributed by atoms with Crippen molar-refractivity contribution in [3.8, 4) is 0 Å². The van der Waals surface area contributed by atoms with Crippen LogP contribution in [0.3, 0.4) is 0 Å². The lowest BCUT2D eigenvalue weighted by atomic mass is 9.75. The van der Waals surface area contributed by atoms with Crippen LogP contribution in [0.2, 0.25) is 0 Å². The first-order valence-corrected chi connectivity index (χ1v) is 6.99. The van der Waals surface area contributed by atoms with E-state index in [-0.39, 0.29) is 0 Å². The maximum atomic E-state index is 6.11. The van der Waals surface area contributed by atoms with Gasteiger partial charge in [-0.15, -0.1) is 0 Å². The molecule has 1 aliphatic carbocycles. The van der Waals surface area contributed by atoms with Crippen molar-refractivity contribution in [1.29, 1.82) is 0 Å². The second-order valence-electron chi connectivity index (χ2n) is 6.06. The fourth-order valence-corrected chi connectivity index (χ4v) is 3.33. The van der Waals surface area contributed by atoms with E-state index in [2.05, 4.69) is 32.6 Å². The van der Waals surface area contributed by atoms with Crippen LogP contribution in [0.15, 0.2) is 0 Å². The van der Waals surface area contributed by atoms with Gasteiger partial charge in [-0.25, -0.2) is 0 Å². The van der Waals surface area contributed by atoms with Crippen molar-refractivity contribution in [3.05, 3.63) is 0 Å². The Balaban J connectivity index is 2.74. The molecular formula is C14H30N2. The van der Waals surface area contributed by atoms with Gasteiger partial charge >= 0.3 is 0 Å². The highest BCUT2D eigenvalue weighted by Crippen LogP contribution is 2.36. The molecule has 1 aliphatic rings. The molecule has 0 amide bonds. The SMILES string of the molecule is CCN(CC(C)C)C1(CN)CCCC(C)C1. The largest absolute Gasteiger partial charge is 0.329 e. The fraction of sp³-hybridized carbons (Fsp3) is 1.00. The summed E-state index contributed by atoms with van der Waals surface area (Å²) in [6.45, 7) is 12.4. The van der Waals surface area contributed by atoms with E-state index in [0.717, 1.165) is 24.9 Å². The quantitative estimate of drug-likeness (QED) is 0.781. The summed E-state index contributed by atoms with van der Waals surface area (Å²) in [6, 6.07) is 0. The maximum absolute atomic E-state index is 6.11. The molecule has 0 aliphatic heterocycles. The van der Waals surface area contributed by atoms with Crippen LogP contribution in [0.1, 0.15) is 53.4 Å². The molecule has 96 valence electrons. The average Bonchev–Trinajstić information content (AvgIpc) is 2.25. The lowest BCUT2D eigenvalue weighted by molar-refractivity contribution is 0.0343. The monoisotopic (exact) mass is 226 g/mol. The Kier molecular flexibility index (Phi) is 5.26. The minimum absolute atomic E-state index is 0.302. The molecule has 0 bridgehead atoms. The van der Waals surface area contributed by atoms with Crippen LogP contribution >= 0.6 is 0 Å². The Bertz CT molecular complexity index is 203. The van der Waals surface area contributed by atoms with E-state index in [1.807, 2.05) is 0 Å². The van der Waals surface area contributed by atoms with Gasteiger partial charge in [0, 0.05) is 18.6 Å². The highest BCUT2D eigenvalue weighted by Gasteiger charge is 2.38. The number of hydrogen-bond acceptors (Lipinski definition) is 2. The molecule has 2 heteroatoms. The Morgan fingerprint density at radius 3 is 2.56 bits per heavy atom. The third-order valence-corrected chi connectivity index (χ3v) is 4.09. The standard InChI is InChI=1S/C14H30N2/c1-5-16(10-12(2)3)14(11-15)8-6-7-13(4)9-14/h12-13H,5-11,15H2,1-4H3. The van der Waals surface area contributed by atoms with Crippen molar-refractivity contribution < 1.29 is 0 Å². The lowest BCUT2D eigenvalue weighted by Crippen LogP contribution is -2.57. The van der Waals surface area contributed by atoms with Gasteiger partial charge in [-0.2, -0.15) is 0 Å². The predicted octanol–water partition coefficient (Wildman–Crippen LogP) is 2.87. The predicted molar refractivity (Wildman–Crippen MR) is 71.5 cm³/mol. The van der Waals surface area contributed by atoms with Crippen LogP contribution in [-0.2, 0) is 0 Å². The van der Waals surface area contributed by atoms with Crippen LogP contribution in [0.4, 0.5) is 0 Å². The van der Waals surface area contributed by atoms with Crippen LogP contribution in [0.5, 0.6) is 0 Å². The summed E-state index contributed by atoms with van der Waals surface area (Å²) in [7, 11) is 0. The zero-order valence-corrected chi connectivity index (χ0v) is 11.6. The second-order valence-corrected chi connectivity index (χ2v) is 6.06. The number of hydrogen-bond donors (Lipinski definition) is 1. The van der Waals surface area contributed by atoms with E-state index in [9.17, 15) is 0 Å². The van der Waals surface area contributed by atoms with Crippen molar-refractivity contribution in [2.75, 3.05) is 19.6 Å². The minimum atomic E-state index is 0.302. The molecule has 0 heterocycles. The summed E-state index contributed by atoms with van der Waals surface area (Å²) in [5, 5.41) is 0. The van der Waals surface area contributed by atoms with Gasteiger partial charge in [0.05, 0.1) is 0 Å². The molecule has 2 unspecified atom stereocenters. The lowest BCUT2D eigenvalue weighted by Gasteiger charge is -2.48. The summed E-state index contributed by atoms with van der Waals surface area (Å²) >= 11 is 0. The first kappa shape index (κ1) is 14.0. The van der Waals surface area contributed by atoms with Gasteiger partial charge in [-0.1, -0.05) is 40.5 Å².